The zero-order valence-corrected chi connectivity index (χ0v) is 12.7. The molecule has 0 aliphatic rings. The minimum atomic E-state index is -0.573. The fourth-order valence-corrected chi connectivity index (χ4v) is 2.72. The Kier molecular flexibility index (Phi) is 3.82. The fraction of sp³-hybridized carbons (Fsp3) is 0.0714. The second-order valence-electron chi connectivity index (χ2n) is 4.46. The van der Waals surface area contributed by atoms with Gasteiger partial charge in [-0.3, -0.25) is 4.79 Å². The number of carbonyl (C=O) groups is 1. The number of hydrogen-bond acceptors (Lipinski definition) is 6. The van der Waals surface area contributed by atoms with Crippen molar-refractivity contribution in [1.82, 2.24) is 9.97 Å². The van der Waals surface area contributed by atoms with Crippen molar-refractivity contribution in [1.29, 1.82) is 0 Å². The van der Waals surface area contributed by atoms with Crippen LogP contribution >= 0.6 is 22.9 Å². The number of benzene rings is 1. The average molecular weight is 336 g/mol. The third-order valence-corrected chi connectivity index (χ3v) is 4.18. The zero-order valence-electron chi connectivity index (χ0n) is 11.1. The lowest BCUT2D eigenvalue weighted by molar-refractivity contribution is 0.0462. The Hall–Kier alpha value is -2.38. The quantitative estimate of drug-likeness (QED) is 0.566. The molecule has 0 unspecified atom stereocenters. The van der Waals surface area contributed by atoms with Crippen LogP contribution in [0.1, 0.15) is 16.2 Å². The summed E-state index contributed by atoms with van der Waals surface area (Å²) in [6.45, 7) is -0.137. The summed E-state index contributed by atoms with van der Waals surface area (Å²) in [5, 5.41) is 2.14. The molecule has 0 saturated carbocycles. The van der Waals surface area contributed by atoms with Crippen LogP contribution in [0, 0.1) is 0 Å². The van der Waals surface area contributed by atoms with Gasteiger partial charge in [0, 0.05) is 0 Å². The third kappa shape index (κ3) is 2.81. The number of aromatic amines is 1. The summed E-state index contributed by atoms with van der Waals surface area (Å²) in [7, 11) is 0. The summed E-state index contributed by atoms with van der Waals surface area (Å²) in [5.74, 6) is -0.289. The van der Waals surface area contributed by atoms with Crippen LogP contribution in [-0.2, 0) is 11.3 Å². The van der Waals surface area contributed by atoms with Crippen molar-refractivity contribution in [2.24, 2.45) is 0 Å². The van der Waals surface area contributed by atoms with Crippen molar-refractivity contribution in [3.8, 4) is 0 Å². The first-order valence-electron chi connectivity index (χ1n) is 6.23. The van der Waals surface area contributed by atoms with Gasteiger partial charge in [0.05, 0.1) is 21.8 Å². The molecule has 6 nitrogen and oxygen atoms in total. The smallest absolute Gasteiger partial charge is 0.338 e. The van der Waals surface area contributed by atoms with Crippen LogP contribution in [0.25, 0.3) is 10.2 Å². The van der Waals surface area contributed by atoms with Crippen LogP contribution in [0.2, 0.25) is 5.02 Å². The van der Waals surface area contributed by atoms with E-state index in [2.05, 4.69) is 9.97 Å². The molecule has 3 aromatic rings. The number of nitrogens with one attached hydrogen (secondary N) is 1. The van der Waals surface area contributed by atoms with E-state index in [4.69, 9.17) is 22.1 Å². The molecule has 0 amide bonds. The summed E-state index contributed by atoms with van der Waals surface area (Å²) in [4.78, 5) is 30.6. The number of ether oxygens (including phenoxy) is 1. The number of thiophene rings is 1. The molecule has 0 spiro atoms. The summed E-state index contributed by atoms with van der Waals surface area (Å²) < 4.78 is 5.66. The Morgan fingerprint density at radius 2 is 2.23 bits per heavy atom. The normalized spacial score (nSPS) is 10.8. The first-order valence-corrected chi connectivity index (χ1v) is 7.49. The number of hydrogen-bond donors (Lipinski definition) is 2. The number of nitrogen functional groups attached to an aromatic ring is 1. The van der Waals surface area contributed by atoms with E-state index >= 15 is 0 Å². The molecule has 0 radical (unpaired) electrons. The molecule has 2 heterocycles. The van der Waals surface area contributed by atoms with Gasteiger partial charge >= 0.3 is 5.97 Å². The number of nitrogens with two attached hydrogens (primary N) is 1. The maximum Gasteiger partial charge on any atom is 0.338 e. The number of rotatable bonds is 3. The molecule has 0 bridgehead atoms. The standard InChI is InChI=1S/C14H10ClN3O3S/c15-8-2-1-7(5-9(8)16)14(20)21-6-11-17-10-3-4-22-12(10)13(19)18-11/h1-5H,6,16H2,(H,17,18,19). The number of esters is 1. The molecule has 1 aromatic carbocycles. The number of fused-ring (bicyclic) bond motifs is 1. The number of halogens is 1. The Labute approximate surface area is 133 Å². The van der Waals surface area contributed by atoms with E-state index in [0.29, 0.717) is 20.9 Å². The van der Waals surface area contributed by atoms with E-state index in [1.165, 1.54) is 29.5 Å². The Balaban J connectivity index is 1.76. The molecule has 0 aliphatic carbocycles. The van der Waals surface area contributed by atoms with Crippen LogP contribution in [0.15, 0.2) is 34.4 Å². The maximum absolute atomic E-state index is 11.9. The Morgan fingerprint density at radius 3 is 3.00 bits per heavy atom. The van der Waals surface area contributed by atoms with Crippen molar-refractivity contribution < 1.29 is 9.53 Å². The van der Waals surface area contributed by atoms with Gasteiger partial charge in [-0.05, 0) is 29.6 Å². The van der Waals surface area contributed by atoms with E-state index in [-0.39, 0.29) is 23.6 Å². The SMILES string of the molecule is Nc1cc(C(=O)OCc2nc3ccsc3c(=O)[nH]2)ccc1Cl. The predicted octanol–water partition coefficient (Wildman–Crippen LogP) is 2.58. The van der Waals surface area contributed by atoms with Gasteiger partial charge < -0.3 is 15.5 Å². The molecule has 8 heteroatoms. The lowest BCUT2D eigenvalue weighted by Crippen LogP contribution is -2.13. The molecule has 0 atom stereocenters. The minimum absolute atomic E-state index is 0.137. The van der Waals surface area contributed by atoms with Crippen LogP contribution in [0.4, 0.5) is 5.69 Å². The first-order chi connectivity index (χ1) is 10.5. The van der Waals surface area contributed by atoms with Crippen molar-refractivity contribution in [3.63, 3.8) is 0 Å². The molecule has 22 heavy (non-hydrogen) atoms. The van der Waals surface area contributed by atoms with Gasteiger partial charge in [-0.15, -0.1) is 11.3 Å². The van der Waals surface area contributed by atoms with Gasteiger partial charge in [0.1, 0.15) is 17.1 Å². The zero-order chi connectivity index (χ0) is 15.7. The summed E-state index contributed by atoms with van der Waals surface area (Å²) in [5.41, 5.74) is 6.54. The van der Waals surface area contributed by atoms with E-state index < -0.39 is 5.97 Å². The minimum Gasteiger partial charge on any atom is -0.454 e. The summed E-state index contributed by atoms with van der Waals surface area (Å²) in [6.07, 6.45) is 0. The first kappa shape index (κ1) is 14.6. The molecular weight excluding hydrogens is 326 g/mol. The second kappa shape index (κ2) is 5.78. The van der Waals surface area contributed by atoms with Gasteiger partial charge in [0.25, 0.3) is 5.56 Å². The van der Waals surface area contributed by atoms with Gasteiger partial charge in [-0.2, -0.15) is 0 Å². The molecule has 3 N–H and O–H groups in total. The van der Waals surface area contributed by atoms with E-state index in [1.807, 2.05) is 0 Å². The molecule has 3 rings (SSSR count). The van der Waals surface area contributed by atoms with Crippen LogP contribution in [0.5, 0.6) is 0 Å². The van der Waals surface area contributed by atoms with E-state index in [9.17, 15) is 9.59 Å². The van der Waals surface area contributed by atoms with Crippen LogP contribution in [0.3, 0.4) is 0 Å². The van der Waals surface area contributed by atoms with Crippen LogP contribution in [-0.4, -0.2) is 15.9 Å². The predicted molar refractivity (Wildman–Crippen MR) is 85.2 cm³/mol. The largest absolute Gasteiger partial charge is 0.454 e. The summed E-state index contributed by atoms with van der Waals surface area (Å²) in [6, 6.07) is 6.20. The topological polar surface area (TPSA) is 98.1 Å². The number of carbonyl (C=O) groups excluding carboxylic acids is 1. The maximum atomic E-state index is 11.9. The Bertz CT molecular complexity index is 919. The van der Waals surface area contributed by atoms with Crippen molar-refractivity contribution in [3.05, 3.63) is 56.4 Å². The average Bonchev–Trinajstić information content (AvgIpc) is 2.96. The van der Waals surface area contributed by atoms with E-state index in [1.54, 1.807) is 11.4 Å². The van der Waals surface area contributed by atoms with Gasteiger partial charge in [0.2, 0.25) is 0 Å². The Morgan fingerprint density at radius 1 is 1.41 bits per heavy atom. The number of aromatic nitrogens is 2. The van der Waals surface area contributed by atoms with Crippen LogP contribution < -0.4 is 11.3 Å². The molecule has 0 aliphatic heterocycles. The van der Waals surface area contributed by atoms with Crippen molar-refractivity contribution in [2.45, 2.75) is 6.61 Å². The van der Waals surface area contributed by atoms with Gasteiger partial charge in [-0.1, -0.05) is 11.6 Å². The van der Waals surface area contributed by atoms with Gasteiger partial charge in [0.15, 0.2) is 0 Å². The van der Waals surface area contributed by atoms with Crippen molar-refractivity contribution in [2.75, 3.05) is 5.73 Å². The molecule has 0 fully saturated rings. The highest BCUT2D eigenvalue weighted by Gasteiger charge is 2.11. The molecule has 0 saturated heterocycles. The summed E-state index contributed by atoms with van der Waals surface area (Å²) >= 11 is 7.10. The number of anilines is 1. The van der Waals surface area contributed by atoms with E-state index in [0.717, 1.165) is 0 Å². The van der Waals surface area contributed by atoms with Crippen molar-refractivity contribution >= 4 is 44.8 Å². The monoisotopic (exact) mass is 335 g/mol. The molecule has 2 aromatic heterocycles. The number of H-pyrrole nitrogens is 1. The lowest BCUT2D eigenvalue weighted by atomic mass is 10.2. The highest BCUT2D eigenvalue weighted by Crippen LogP contribution is 2.20. The molecule has 112 valence electrons. The number of nitrogens with zero attached hydrogens (tertiary/aromatic N) is 1. The fourth-order valence-electron chi connectivity index (χ4n) is 1.88. The highest BCUT2D eigenvalue weighted by atomic mass is 35.5. The highest BCUT2D eigenvalue weighted by molar-refractivity contribution is 7.17. The molecular formula is C14H10ClN3O3S. The van der Waals surface area contributed by atoms with Gasteiger partial charge in [-0.25, -0.2) is 9.78 Å². The third-order valence-electron chi connectivity index (χ3n) is 2.94. The lowest BCUT2D eigenvalue weighted by Gasteiger charge is -2.06. The second-order valence-corrected chi connectivity index (χ2v) is 5.78.